The summed E-state index contributed by atoms with van der Waals surface area (Å²) in [5.74, 6) is 1.20. The molecule has 0 aliphatic rings. The molecule has 2 aromatic heterocycles. The number of amides is 2. The van der Waals surface area contributed by atoms with Gasteiger partial charge < -0.3 is 11.5 Å². The zero-order chi connectivity index (χ0) is 19.8. The number of hydrogen-bond acceptors (Lipinski definition) is 11. The number of anilines is 2. The fourth-order valence-electron chi connectivity index (χ4n) is 1.67. The predicted octanol–water partition coefficient (Wildman–Crippen LogP) is 0.479. The molecule has 2 rings (SSSR count). The van der Waals surface area contributed by atoms with E-state index < -0.39 is 12.1 Å². The first-order valence-corrected chi connectivity index (χ1v) is 11.0. The van der Waals surface area contributed by atoms with Crippen molar-refractivity contribution in [2.24, 2.45) is 11.5 Å². The molecule has 0 bridgehead atoms. The lowest BCUT2D eigenvalue weighted by atomic mass is 10.3. The lowest BCUT2D eigenvalue weighted by Gasteiger charge is -2.02. The minimum absolute atomic E-state index is 0.277. The van der Waals surface area contributed by atoms with Gasteiger partial charge in [0.25, 0.3) is 0 Å². The van der Waals surface area contributed by atoms with E-state index in [1.807, 2.05) is 0 Å². The summed E-state index contributed by atoms with van der Waals surface area (Å²) < 4.78 is 0. The van der Waals surface area contributed by atoms with Crippen molar-refractivity contribution in [3.8, 4) is 0 Å². The van der Waals surface area contributed by atoms with Crippen LogP contribution in [0.1, 0.15) is 23.9 Å². The molecule has 27 heavy (non-hydrogen) atoms. The van der Waals surface area contributed by atoms with Crippen LogP contribution in [0, 0.1) is 0 Å². The lowest BCUT2D eigenvalue weighted by Crippen LogP contribution is -2.32. The lowest BCUT2D eigenvalue weighted by molar-refractivity contribution is -0.117. The van der Waals surface area contributed by atoms with Crippen LogP contribution in [0.2, 0.25) is 0 Å². The zero-order valence-electron chi connectivity index (χ0n) is 15.0. The molecule has 0 aliphatic carbocycles. The Morgan fingerprint density at radius 2 is 1.30 bits per heavy atom. The van der Waals surface area contributed by atoms with E-state index in [4.69, 9.17) is 11.5 Å². The maximum Gasteiger partial charge on any atom is 0.242 e. The van der Waals surface area contributed by atoms with Crippen LogP contribution >= 0.6 is 34.4 Å². The van der Waals surface area contributed by atoms with E-state index in [2.05, 4.69) is 31.0 Å². The number of carbonyl (C=O) groups excluding carboxylic acids is 2. The van der Waals surface area contributed by atoms with E-state index in [0.717, 1.165) is 34.4 Å². The van der Waals surface area contributed by atoms with E-state index >= 15 is 0 Å². The highest BCUT2D eigenvalue weighted by Crippen LogP contribution is 2.19. The Bertz CT molecular complexity index is 699. The molecule has 0 aliphatic heterocycles. The molecule has 0 unspecified atom stereocenters. The number of hydrogen-bond donors (Lipinski definition) is 4. The summed E-state index contributed by atoms with van der Waals surface area (Å²) in [5.41, 5.74) is 11.0. The molecule has 13 heteroatoms. The molecule has 6 N–H and O–H groups in total. The molecule has 0 aromatic carbocycles. The number of thioether (sulfide) groups is 1. The molecule has 0 spiro atoms. The maximum atomic E-state index is 11.5. The molecule has 148 valence electrons. The fraction of sp³-hybridized carbons (Fsp3) is 0.571. The molecule has 0 saturated heterocycles. The Hall–Kier alpha value is -1.67. The van der Waals surface area contributed by atoms with E-state index in [9.17, 15) is 9.59 Å². The average Bonchev–Trinajstić information content (AvgIpc) is 3.24. The molecule has 0 fully saturated rings. The highest BCUT2D eigenvalue weighted by atomic mass is 32.2. The molecular formula is C14H22N8O2S3. The van der Waals surface area contributed by atoms with Gasteiger partial charge in [-0.25, -0.2) is 0 Å². The third-order valence-corrected chi connectivity index (χ3v) is 5.92. The summed E-state index contributed by atoms with van der Waals surface area (Å²) in [4.78, 5) is 23.0. The van der Waals surface area contributed by atoms with Crippen LogP contribution in [0.5, 0.6) is 0 Å². The van der Waals surface area contributed by atoms with Gasteiger partial charge in [0, 0.05) is 12.8 Å². The van der Waals surface area contributed by atoms with Gasteiger partial charge in [-0.1, -0.05) is 22.7 Å². The largest absolute Gasteiger partial charge is 0.320 e. The van der Waals surface area contributed by atoms with Crippen molar-refractivity contribution < 1.29 is 9.59 Å². The Morgan fingerprint density at radius 1 is 0.889 bits per heavy atom. The number of aromatic nitrogens is 4. The van der Waals surface area contributed by atoms with Crippen LogP contribution in [0.4, 0.5) is 10.3 Å². The number of carbonyl (C=O) groups is 2. The van der Waals surface area contributed by atoms with Crippen molar-refractivity contribution in [3.05, 3.63) is 10.0 Å². The Morgan fingerprint density at radius 3 is 1.67 bits per heavy atom. The van der Waals surface area contributed by atoms with Crippen molar-refractivity contribution in [1.29, 1.82) is 0 Å². The number of rotatable bonds is 10. The number of nitrogens with zero attached hydrogens (tertiary/aromatic N) is 4. The van der Waals surface area contributed by atoms with E-state index in [0.29, 0.717) is 10.3 Å². The fourth-order valence-corrected chi connectivity index (χ4v) is 4.29. The SMILES string of the molecule is C[C@H](N)C(=O)Nc1nnc(CCSCCc2nnc(NC(=O)[C@H](C)N)s2)s1. The van der Waals surface area contributed by atoms with Crippen molar-refractivity contribution in [3.63, 3.8) is 0 Å². The molecule has 2 atom stereocenters. The highest BCUT2D eigenvalue weighted by Gasteiger charge is 2.12. The van der Waals surface area contributed by atoms with Crippen molar-refractivity contribution in [2.75, 3.05) is 22.1 Å². The van der Waals surface area contributed by atoms with Gasteiger partial charge in [-0.2, -0.15) is 11.8 Å². The Kier molecular flexibility index (Phi) is 8.50. The molecule has 10 nitrogen and oxygen atoms in total. The van der Waals surface area contributed by atoms with Crippen LogP contribution < -0.4 is 22.1 Å². The van der Waals surface area contributed by atoms with Crippen LogP contribution in [-0.4, -0.2) is 55.8 Å². The summed E-state index contributed by atoms with van der Waals surface area (Å²) in [7, 11) is 0. The Labute approximate surface area is 168 Å². The van der Waals surface area contributed by atoms with Crippen molar-refractivity contribution >= 4 is 56.5 Å². The van der Waals surface area contributed by atoms with E-state index in [1.165, 1.54) is 22.7 Å². The van der Waals surface area contributed by atoms with Gasteiger partial charge in [0.2, 0.25) is 22.1 Å². The topological polar surface area (TPSA) is 162 Å². The summed E-state index contributed by atoms with van der Waals surface area (Å²) in [6.07, 6.45) is 1.53. The van der Waals surface area contributed by atoms with Gasteiger partial charge in [-0.05, 0) is 25.4 Å². The van der Waals surface area contributed by atoms with Gasteiger partial charge in [0.05, 0.1) is 12.1 Å². The van der Waals surface area contributed by atoms with Crippen molar-refractivity contribution in [2.45, 2.75) is 38.8 Å². The number of nitrogens with two attached hydrogens (primary N) is 2. The quantitative estimate of drug-likeness (QED) is 0.393. The average molecular weight is 431 g/mol. The first-order valence-electron chi connectivity index (χ1n) is 8.20. The molecule has 0 saturated carbocycles. The van der Waals surface area contributed by atoms with Gasteiger partial charge in [0.15, 0.2) is 0 Å². The summed E-state index contributed by atoms with van der Waals surface area (Å²) >= 11 is 4.46. The molecule has 2 amide bonds. The van der Waals surface area contributed by atoms with Crippen LogP contribution in [0.25, 0.3) is 0 Å². The molecular weight excluding hydrogens is 408 g/mol. The minimum Gasteiger partial charge on any atom is -0.320 e. The van der Waals surface area contributed by atoms with Gasteiger partial charge in [-0.15, -0.1) is 20.4 Å². The molecule has 2 aromatic rings. The normalized spacial score (nSPS) is 13.2. The maximum absolute atomic E-state index is 11.5. The number of nitrogens with one attached hydrogen (secondary N) is 2. The van der Waals surface area contributed by atoms with Gasteiger partial charge in [-0.3, -0.25) is 20.2 Å². The first kappa shape index (κ1) is 21.6. The minimum atomic E-state index is -0.583. The second-order valence-corrected chi connectivity index (χ2v) is 9.02. The van der Waals surface area contributed by atoms with E-state index in [1.54, 1.807) is 25.6 Å². The third kappa shape index (κ3) is 7.46. The molecule has 0 radical (unpaired) electrons. The predicted molar refractivity (Wildman–Crippen MR) is 109 cm³/mol. The third-order valence-electron chi connectivity index (χ3n) is 3.14. The Balaban J connectivity index is 1.65. The monoisotopic (exact) mass is 430 g/mol. The second kappa shape index (κ2) is 10.6. The summed E-state index contributed by atoms with van der Waals surface area (Å²) in [6.45, 7) is 3.23. The molecule has 2 heterocycles. The van der Waals surface area contributed by atoms with Crippen LogP contribution in [-0.2, 0) is 22.4 Å². The van der Waals surface area contributed by atoms with Crippen LogP contribution in [0.15, 0.2) is 0 Å². The summed E-state index contributed by atoms with van der Waals surface area (Å²) in [5, 5.41) is 23.9. The highest BCUT2D eigenvalue weighted by molar-refractivity contribution is 7.99. The first-order chi connectivity index (χ1) is 12.8. The summed E-state index contributed by atoms with van der Waals surface area (Å²) in [6, 6.07) is -1.17. The standard InChI is InChI=1S/C14H22N8O2S3/c1-7(15)11(23)17-13-21-19-9(26-13)3-5-25-6-4-10-20-22-14(27-10)18-12(24)8(2)16/h7-8H,3-6,15-16H2,1-2H3,(H,17,21,23)(H,18,22,24)/t7-,8-/m0/s1. The smallest absolute Gasteiger partial charge is 0.242 e. The number of aryl methyl sites for hydroxylation is 2. The second-order valence-electron chi connectivity index (χ2n) is 5.67. The zero-order valence-corrected chi connectivity index (χ0v) is 17.4. The van der Waals surface area contributed by atoms with Gasteiger partial charge >= 0.3 is 0 Å². The van der Waals surface area contributed by atoms with Crippen LogP contribution in [0.3, 0.4) is 0 Å². The van der Waals surface area contributed by atoms with Gasteiger partial charge in [0.1, 0.15) is 10.0 Å². The van der Waals surface area contributed by atoms with E-state index in [-0.39, 0.29) is 11.8 Å². The van der Waals surface area contributed by atoms with Crippen molar-refractivity contribution in [1.82, 2.24) is 20.4 Å².